The van der Waals surface area contributed by atoms with E-state index in [0.717, 1.165) is 33.4 Å². The highest BCUT2D eigenvalue weighted by atomic mass is 32.2. The van der Waals surface area contributed by atoms with Crippen LogP contribution in [0.2, 0.25) is 0 Å². The van der Waals surface area contributed by atoms with Gasteiger partial charge in [0.1, 0.15) is 41.0 Å². The second-order valence-electron chi connectivity index (χ2n) is 16.4. The van der Waals surface area contributed by atoms with E-state index >= 15 is 0 Å². The van der Waals surface area contributed by atoms with Gasteiger partial charge in [-0.15, -0.1) is 11.3 Å². The number of nitrogens with one attached hydrogen (secondary N) is 2. The number of hydrogen-bond donors (Lipinski definition) is 2. The molecule has 2 amide bonds. The molecule has 0 spiro atoms. The molecule has 2 aliphatic rings. The van der Waals surface area contributed by atoms with Crippen LogP contribution in [-0.4, -0.2) is 70.6 Å². The molecule has 0 bridgehead atoms. The van der Waals surface area contributed by atoms with Crippen LogP contribution in [0.15, 0.2) is 215 Å². The van der Waals surface area contributed by atoms with E-state index in [1.807, 2.05) is 110 Å². The summed E-state index contributed by atoms with van der Waals surface area (Å²) in [6, 6.07) is 52.3. The van der Waals surface area contributed by atoms with Crippen LogP contribution in [0.25, 0.3) is 0 Å². The van der Waals surface area contributed by atoms with Crippen LogP contribution in [0, 0.1) is 6.92 Å². The van der Waals surface area contributed by atoms with E-state index < -0.39 is 62.1 Å². The normalized spacial score (nSPS) is 17.1. The van der Waals surface area contributed by atoms with Crippen molar-refractivity contribution in [2.75, 3.05) is 18.2 Å². The number of hydrogen-bond acceptors (Lipinski definition) is 13. The minimum absolute atomic E-state index is 0.00316. The van der Waals surface area contributed by atoms with Gasteiger partial charge in [0.25, 0.3) is 11.8 Å². The molecule has 0 aliphatic carbocycles. The van der Waals surface area contributed by atoms with Gasteiger partial charge in [0.15, 0.2) is 23.0 Å². The zero-order valence-electron chi connectivity index (χ0n) is 38.2. The lowest BCUT2D eigenvalue weighted by Gasteiger charge is -2.49. The predicted molar refractivity (Wildman–Crippen MR) is 270 cm³/mol. The lowest BCUT2D eigenvalue weighted by molar-refractivity contribution is -0.154. The summed E-state index contributed by atoms with van der Waals surface area (Å²) in [4.78, 5) is 54.1. The summed E-state index contributed by atoms with van der Waals surface area (Å²) >= 11 is -0.733. The van der Waals surface area contributed by atoms with Crippen molar-refractivity contribution in [1.82, 2.24) is 15.2 Å². The number of aryl methyl sites for hydroxylation is 1. The molecule has 7 aromatic rings. The van der Waals surface area contributed by atoms with Gasteiger partial charge >= 0.3 is 16.1 Å². The Kier molecular flexibility index (Phi) is 14.3. The second-order valence-corrected chi connectivity index (χ2v) is 20.3. The molecule has 9 rings (SSSR count). The first-order valence-electron chi connectivity index (χ1n) is 22.2. The van der Waals surface area contributed by atoms with Gasteiger partial charge in [0.05, 0.1) is 0 Å². The fraction of sp³-hybridized carbons (Fsp3) is 0.130. The van der Waals surface area contributed by atoms with E-state index in [1.165, 1.54) is 36.7 Å². The number of carbonyl (C=O) groups is 3. The first kappa shape index (κ1) is 48.2. The van der Waals surface area contributed by atoms with Gasteiger partial charge in [-0.05, 0) is 64.1 Å². The molecule has 1 saturated heterocycles. The molecular formula is C54H45N5O9S3. The quantitative estimate of drug-likeness (QED) is 0.0131. The molecule has 71 heavy (non-hydrogen) atoms. The highest BCUT2D eigenvalue weighted by Crippen LogP contribution is 2.42. The monoisotopic (exact) mass is 1000 g/mol. The molecule has 2 N–H and O–H groups in total. The Balaban J connectivity index is 1.01. The van der Waals surface area contributed by atoms with Gasteiger partial charge < -0.3 is 28.9 Å². The van der Waals surface area contributed by atoms with Crippen molar-refractivity contribution in [3.63, 3.8) is 0 Å². The molecule has 14 nitrogen and oxygen atoms in total. The largest absolute Gasteiger partial charge is 0.614 e. The number of β-lactam (4-membered cyclic amide) rings is 1. The van der Waals surface area contributed by atoms with Crippen LogP contribution < -0.4 is 10.6 Å². The molecule has 1 aromatic heterocycles. The van der Waals surface area contributed by atoms with Crippen molar-refractivity contribution in [2.45, 2.75) is 34.9 Å². The average molecular weight is 1000 g/mol. The molecule has 6 aromatic carbocycles. The van der Waals surface area contributed by atoms with Crippen LogP contribution in [0.3, 0.4) is 0 Å². The molecule has 1 fully saturated rings. The number of rotatable bonds is 17. The number of esters is 1. The molecule has 0 saturated carbocycles. The molecule has 2 aliphatic heterocycles. The number of allylic oxidation sites excluding steroid dienone is 1. The molecular weight excluding hydrogens is 959 g/mol. The molecule has 17 heteroatoms. The van der Waals surface area contributed by atoms with Crippen molar-refractivity contribution in [2.24, 2.45) is 5.16 Å². The lowest BCUT2D eigenvalue weighted by atomic mass is 9.77. The zero-order chi connectivity index (χ0) is 49.5. The number of oxime groups is 1. The second kappa shape index (κ2) is 21.0. The van der Waals surface area contributed by atoms with Crippen LogP contribution in [0.1, 0.15) is 45.2 Å². The SMILES string of the molecule is CO/N=C(/C(=O)NC1C(=O)N2C(C(=O)OC(c3ccccc3)c3ccccc3)=C(/C=C/OS(=O)(=O)c3ccc(C)cc3)C[S+]([O-])C12)c1csc(NC(c2ccccc2)(c2ccccc2)c2ccccc2)n1. The molecule has 358 valence electrons. The Morgan fingerprint density at radius 3 is 1.86 bits per heavy atom. The maximum atomic E-state index is 14.6. The first-order valence-corrected chi connectivity index (χ1v) is 25.9. The number of ether oxygens (including phenoxy) is 1. The number of fused-ring (bicyclic) bond motifs is 1. The van der Waals surface area contributed by atoms with Crippen LogP contribution in [0.4, 0.5) is 5.13 Å². The van der Waals surface area contributed by atoms with Crippen molar-refractivity contribution in [1.29, 1.82) is 0 Å². The van der Waals surface area contributed by atoms with Crippen LogP contribution in [-0.2, 0) is 55.0 Å². The molecule has 3 heterocycles. The number of benzene rings is 6. The number of aromatic nitrogens is 1. The minimum atomic E-state index is -4.30. The van der Waals surface area contributed by atoms with E-state index in [2.05, 4.69) is 15.8 Å². The highest BCUT2D eigenvalue weighted by Gasteiger charge is 2.61. The number of thiazole rings is 1. The number of amides is 2. The summed E-state index contributed by atoms with van der Waals surface area (Å²) in [7, 11) is -3.04. The number of nitrogens with zero attached hydrogens (tertiary/aromatic N) is 3. The van der Waals surface area contributed by atoms with Crippen LogP contribution in [0.5, 0.6) is 0 Å². The summed E-state index contributed by atoms with van der Waals surface area (Å²) in [5.41, 5.74) is 3.51. The third-order valence-electron chi connectivity index (χ3n) is 11.9. The van der Waals surface area contributed by atoms with Crippen molar-refractivity contribution >= 4 is 61.3 Å². The zero-order valence-corrected chi connectivity index (χ0v) is 40.6. The topological polar surface area (TPSA) is 189 Å². The molecule has 3 atom stereocenters. The molecule has 0 radical (unpaired) electrons. The Labute approximate surface area is 417 Å². The fourth-order valence-corrected chi connectivity index (χ4v) is 11.7. The van der Waals surface area contributed by atoms with Gasteiger partial charge in [-0.25, -0.2) is 9.78 Å². The van der Waals surface area contributed by atoms with Crippen molar-refractivity contribution in [3.8, 4) is 0 Å². The Hall–Kier alpha value is -7.83. The van der Waals surface area contributed by atoms with Gasteiger partial charge in [-0.1, -0.05) is 175 Å². The highest BCUT2D eigenvalue weighted by molar-refractivity contribution is 7.92. The maximum Gasteiger partial charge on any atom is 0.356 e. The molecule has 3 unspecified atom stereocenters. The van der Waals surface area contributed by atoms with E-state index in [4.69, 9.17) is 18.7 Å². The van der Waals surface area contributed by atoms with Crippen molar-refractivity contribution < 1.29 is 41.1 Å². The smallest absolute Gasteiger partial charge is 0.356 e. The van der Waals surface area contributed by atoms with Gasteiger partial charge in [0.2, 0.25) is 5.37 Å². The Morgan fingerprint density at radius 2 is 1.34 bits per heavy atom. The Bertz CT molecular complexity index is 3090. The summed E-state index contributed by atoms with van der Waals surface area (Å²) in [5.74, 6) is -2.95. The van der Waals surface area contributed by atoms with E-state index in [1.54, 1.807) is 66.0 Å². The third-order valence-corrected chi connectivity index (χ3v) is 15.5. The standard InChI is InChI=1S/C54H45N5O9S3/c1-36-28-30-43(31-29-36)71(64,65)67-33-32-39-35-70(63)51-46(50(61)59(51)47(39)52(62)68-48(37-18-8-3-9-19-37)38-20-10-4-11-21-38)56-49(60)45(58-66-2)44-34-69-53(55-44)57-54(40-22-12-5-13-23-40,41-24-14-6-15-25-41)42-26-16-7-17-27-42/h3-34,46,48,51H,35H2,1-2H3,(H,55,57)(H,56,60)/b33-32+,58-45+. The van der Waals surface area contributed by atoms with Crippen molar-refractivity contribution in [3.05, 3.63) is 244 Å². The maximum absolute atomic E-state index is 14.6. The van der Waals surface area contributed by atoms with E-state index in [-0.39, 0.29) is 33.3 Å². The van der Waals surface area contributed by atoms with Crippen LogP contribution >= 0.6 is 11.3 Å². The Morgan fingerprint density at radius 1 is 0.817 bits per heavy atom. The summed E-state index contributed by atoms with van der Waals surface area (Å²) < 4.78 is 51.9. The third kappa shape index (κ3) is 9.98. The van der Waals surface area contributed by atoms with E-state index in [9.17, 15) is 27.4 Å². The van der Waals surface area contributed by atoms with Gasteiger partial charge in [-0.3, -0.25) is 14.5 Å². The number of carbonyl (C=O) groups excluding carboxylic acids is 3. The first-order chi connectivity index (χ1) is 34.5. The predicted octanol–water partition coefficient (Wildman–Crippen LogP) is 8.13. The number of anilines is 1. The average Bonchev–Trinajstić information content (AvgIpc) is 3.87. The lowest BCUT2D eigenvalue weighted by Crippen LogP contribution is -2.75. The minimum Gasteiger partial charge on any atom is -0.614 e. The van der Waals surface area contributed by atoms with E-state index in [0.29, 0.717) is 16.3 Å². The summed E-state index contributed by atoms with van der Waals surface area (Å²) in [5, 5.41) is 11.2. The fourth-order valence-electron chi connectivity index (χ4n) is 8.50. The van der Waals surface area contributed by atoms with Gasteiger partial charge in [0, 0.05) is 11.0 Å². The van der Waals surface area contributed by atoms with Gasteiger partial charge in [-0.2, -0.15) is 8.42 Å². The summed E-state index contributed by atoms with van der Waals surface area (Å²) in [6.07, 6.45) is 1.09. The summed E-state index contributed by atoms with van der Waals surface area (Å²) in [6.45, 7) is 1.81.